The molecule has 33 heteroatoms. The van der Waals surface area contributed by atoms with Gasteiger partial charge >= 0.3 is 11.9 Å². The summed E-state index contributed by atoms with van der Waals surface area (Å²) in [6.07, 6.45) is 15.2. The highest BCUT2D eigenvalue weighted by molar-refractivity contribution is 9.09. The number of phenolic OH excluding ortho intramolecular Hbond substituents is 1. The van der Waals surface area contributed by atoms with E-state index in [9.17, 15) is 23.1 Å². The summed E-state index contributed by atoms with van der Waals surface area (Å²) in [4.78, 5) is 58.5. The standard InChI is InChI=1S/C21H19N3O4.C12H8N2O2.C10H15NO5S.C10H13NO4.C9H13NO3.C7H7NO3.C3H7BrO/c1-25-9-10-26-18-5-4-16(23-13-18)14-27-17-6-7-20-19(11-17)24-21(28-20)15-3-2-8-22-12-15;15-9-3-4-11-10(6-9)14-12(16-11)8-2-1-5-13-7-8;1-14-5-6-15-10-4-3-9(11-7-10)8-16-17(2,12)13;1-13-5-6-15-8-3-4-9(11-7-8)10(12)14-2;1-12-4-5-13-9-3-2-8(7-11)10-6-9;1-11-7(10)6-3-2-5(9)4-8-6;1-5-3-2-4/h2-8,11-13H,9-10,14H2,1H3;1-7,15H;3-4,7H,5-6,8H2,1-2H3;3-4,7H,5-6H2,1-2H3;2-3,6,11H,4-5,7H2,1H3;2-4,9H,1H3;2-3H2,1H3. The number of aliphatic hydroxyl groups excluding tert-OH is 1. The SMILES string of the molecule is COC(=O)c1ccc(O)cn1.COCCBr.COCCOc1ccc(C(=O)OC)nc1.COCCOc1ccc(CO)nc1.COCCOc1ccc(COS(C)(=O)=O)nc1.COCCOc1ccc(COc2ccc3oc(-c4cccnc4)nc3c2)nc1.Oc1ccc2oc(-c3cccnc3)nc2c1. The van der Waals surface area contributed by atoms with Crippen LogP contribution in [0, 0.1) is 0 Å². The van der Waals surface area contributed by atoms with Gasteiger partial charge in [0.1, 0.15) is 102 Å². The fourth-order valence-corrected chi connectivity index (χ4v) is 8.23. The van der Waals surface area contributed by atoms with E-state index in [1.807, 2.05) is 54.6 Å². The lowest BCUT2D eigenvalue weighted by atomic mass is 10.3. The number of alkyl halides is 1. The molecule has 0 atom stereocenters. The van der Waals surface area contributed by atoms with Crippen LogP contribution in [0.2, 0.25) is 0 Å². The summed E-state index contributed by atoms with van der Waals surface area (Å²) in [6, 6.07) is 34.4. The number of pyridine rings is 7. The minimum Gasteiger partial charge on any atom is -0.508 e. The molecule has 0 aliphatic rings. The number of esters is 2. The highest BCUT2D eigenvalue weighted by atomic mass is 79.9. The Labute approximate surface area is 614 Å². The van der Waals surface area contributed by atoms with Crippen LogP contribution in [-0.2, 0) is 67.3 Å². The molecule has 9 heterocycles. The lowest BCUT2D eigenvalue weighted by molar-refractivity contribution is 0.0585. The molecule has 0 bridgehead atoms. The fraction of sp³-hybridized carbons (Fsp3) is 0.292. The number of nitrogens with zero attached hydrogens (tertiary/aromatic N) is 9. The molecule has 0 aliphatic carbocycles. The molecule has 105 heavy (non-hydrogen) atoms. The largest absolute Gasteiger partial charge is 0.508 e. The zero-order valence-corrected chi connectivity index (χ0v) is 61.2. The van der Waals surface area contributed by atoms with E-state index in [1.54, 1.807) is 127 Å². The number of hydrogen-bond donors (Lipinski definition) is 3. The van der Waals surface area contributed by atoms with Gasteiger partial charge in [-0.1, -0.05) is 15.9 Å². The molecule has 11 rings (SSSR count). The summed E-state index contributed by atoms with van der Waals surface area (Å²) in [5, 5.41) is 27.8. The van der Waals surface area contributed by atoms with Gasteiger partial charge in [-0.3, -0.25) is 29.1 Å². The average molecular weight is 1540 g/mol. The Bertz CT molecular complexity index is 4310. The third-order valence-corrected chi connectivity index (χ3v) is 13.6. The zero-order chi connectivity index (χ0) is 75.9. The highest BCUT2D eigenvalue weighted by Gasteiger charge is 2.13. The molecule has 2 aromatic carbocycles. The van der Waals surface area contributed by atoms with Crippen molar-refractivity contribution in [3.63, 3.8) is 0 Å². The number of aromatic hydroxyl groups is 2. The number of aromatic nitrogens is 9. The smallest absolute Gasteiger partial charge is 0.356 e. The molecule has 0 radical (unpaired) electrons. The van der Waals surface area contributed by atoms with E-state index in [2.05, 4.69) is 79.2 Å². The number of fused-ring (bicyclic) bond motifs is 2. The molecule has 560 valence electrons. The second-order valence-electron chi connectivity index (χ2n) is 20.5. The van der Waals surface area contributed by atoms with Crippen molar-refractivity contribution in [1.82, 2.24) is 44.9 Å². The van der Waals surface area contributed by atoms with Crippen LogP contribution in [0.25, 0.3) is 45.1 Å². The van der Waals surface area contributed by atoms with Crippen LogP contribution in [-0.4, -0.2) is 201 Å². The number of ether oxygens (including phenoxy) is 12. The van der Waals surface area contributed by atoms with Crippen LogP contribution in [0.5, 0.6) is 40.2 Å². The lowest BCUT2D eigenvalue weighted by Gasteiger charge is -2.07. The molecule has 0 amide bonds. The molecule has 9 aromatic heterocycles. The quantitative estimate of drug-likeness (QED) is 0.0170. The second kappa shape index (κ2) is 48.9. The van der Waals surface area contributed by atoms with Crippen molar-refractivity contribution in [3.8, 4) is 63.2 Å². The van der Waals surface area contributed by atoms with E-state index in [0.29, 0.717) is 128 Å². The molecule has 0 spiro atoms. The van der Waals surface area contributed by atoms with Crippen molar-refractivity contribution in [2.24, 2.45) is 0 Å². The normalized spacial score (nSPS) is 10.4. The van der Waals surface area contributed by atoms with Crippen molar-refractivity contribution in [3.05, 3.63) is 206 Å². The molecule has 0 fully saturated rings. The topological polar surface area (TPSA) is 391 Å². The maximum absolute atomic E-state index is 11.0. The van der Waals surface area contributed by atoms with E-state index in [4.69, 9.17) is 61.7 Å². The number of methoxy groups -OCH3 is 7. The lowest BCUT2D eigenvalue weighted by Crippen LogP contribution is -2.06. The van der Waals surface area contributed by atoms with Gasteiger partial charge in [-0.15, -0.1) is 0 Å². The van der Waals surface area contributed by atoms with Crippen LogP contribution in [0.4, 0.5) is 0 Å². The molecule has 0 unspecified atom stereocenters. The van der Waals surface area contributed by atoms with Crippen LogP contribution in [0.15, 0.2) is 186 Å². The number of hydrogen-bond acceptors (Lipinski definition) is 31. The molecule has 0 saturated carbocycles. The summed E-state index contributed by atoms with van der Waals surface area (Å²) in [7, 11) is 7.28. The van der Waals surface area contributed by atoms with Gasteiger partial charge in [0.2, 0.25) is 11.8 Å². The van der Waals surface area contributed by atoms with Gasteiger partial charge in [0.15, 0.2) is 11.2 Å². The number of carbonyl (C=O) groups is 2. The Morgan fingerprint density at radius 3 is 1.22 bits per heavy atom. The van der Waals surface area contributed by atoms with Gasteiger partial charge in [0.25, 0.3) is 10.1 Å². The van der Waals surface area contributed by atoms with Crippen molar-refractivity contribution in [2.75, 3.05) is 121 Å². The fourth-order valence-electron chi connectivity index (χ4n) is 7.57. The maximum atomic E-state index is 11.0. The molecular formula is C72H82BrN9O22S. The summed E-state index contributed by atoms with van der Waals surface area (Å²) >= 11 is 3.18. The average Bonchev–Trinajstić information content (AvgIpc) is 1.67. The van der Waals surface area contributed by atoms with Gasteiger partial charge in [-0.2, -0.15) is 8.42 Å². The third-order valence-electron chi connectivity index (χ3n) is 12.7. The van der Waals surface area contributed by atoms with Crippen molar-refractivity contribution in [2.45, 2.75) is 19.8 Å². The first-order valence-electron chi connectivity index (χ1n) is 31.5. The molecule has 3 N–H and O–H groups in total. The van der Waals surface area contributed by atoms with Gasteiger partial charge in [0, 0.05) is 77.8 Å². The van der Waals surface area contributed by atoms with E-state index >= 15 is 0 Å². The summed E-state index contributed by atoms with van der Waals surface area (Å²) < 4.78 is 97.6. The first-order valence-corrected chi connectivity index (χ1v) is 34.4. The Hall–Kier alpha value is -10.9. The van der Waals surface area contributed by atoms with Gasteiger partial charge in [-0.25, -0.2) is 29.5 Å². The summed E-state index contributed by atoms with van der Waals surface area (Å²) in [5.74, 6) is 3.56. The van der Waals surface area contributed by atoms with Crippen LogP contribution in [0.3, 0.4) is 0 Å². The number of halogens is 1. The number of oxazole rings is 2. The molecule has 11 aromatic rings. The Kier molecular flexibility index (Phi) is 39.5. The Morgan fingerprint density at radius 1 is 0.438 bits per heavy atom. The van der Waals surface area contributed by atoms with Gasteiger partial charge in [-0.05, 0) is 109 Å². The van der Waals surface area contributed by atoms with E-state index in [0.717, 1.165) is 40.5 Å². The highest BCUT2D eigenvalue weighted by Crippen LogP contribution is 2.28. The minimum atomic E-state index is -3.44. The first-order chi connectivity index (χ1) is 50.9. The predicted molar refractivity (Wildman–Crippen MR) is 387 cm³/mol. The second-order valence-corrected chi connectivity index (χ2v) is 22.9. The number of phenols is 1. The van der Waals surface area contributed by atoms with Crippen molar-refractivity contribution < 1.29 is 103 Å². The number of rotatable bonds is 29. The third kappa shape index (κ3) is 33.4. The van der Waals surface area contributed by atoms with Gasteiger partial charge < -0.3 is 81.0 Å². The van der Waals surface area contributed by atoms with E-state index in [-0.39, 0.29) is 36.1 Å². The Balaban J connectivity index is 0.000000229. The maximum Gasteiger partial charge on any atom is 0.356 e. The number of carbonyl (C=O) groups excluding carboxylic acids is 2. The zero-order valence-electron chi connectivity index (χ0n) is 58.8. The number of aliphatic hydroxyl groups is 1. The van der Waals surface area contributed by atoms with Crippen LogP contribution >= 0.6 is 15.9 Å². The first kappa shape index (κ1) is 84.8. The predicted octanol–water partition coefficient (Wildman–Crippen LogP) is 10.2. The monoisotopic (exact) mass is 1540 g/mol. The Morgan fingerprint density at radius 2 is 0.848 bits per heavy atom. The molecular weight excluding hydrogens is 1450 g/mol. The van der Waals surface area contributed by atoms with Gasteiger partial charge in [0.05, 0.1) is 119 Å². The minimum absolute atomic E-state index is 0.0256. The molecule has 31 nitrogen and oxygen atoms in total. The van der Waals surface area contributed by atoms with Crippen molar-refractivity contribution in [1.29, 1.82) is 0 Å². The van der Waals surface area contributed by atoms with Crippen molar-refractivity contribution >= 4 is 60.2 Å². The number of benzene rings is 2. The van der Waals surface area contributed by atoms with E-state index in [1.165, 1.54) is 44.9 Å². The summed E-state index contributed by atoms with van der Waals surface area (Å²) in [6.45, 7) is 5.04. The van der Waals surface area contributed by atoms with Crippen LogP contribution < -0.4 is 23.7 Å². The van der Waals surface area contributed by atoms with Crippen LogP contribution in [0.1, 0.15) is 38.1 Å². The molecule has 0 aliphatic heterocycles. The van der Waals surface area contributed by atoms with E-state index < -0.39 is 22.1 Å². The molecule has 0 saturated heterocycles. The summed E-state index contributed by atoms with van der Waals surface area (Å²) in [5.41, 5.74) is 6.77.